The summed E-state index contributed by atoms with van der Waals surface area (Å²) in [6.45, 7) is 1.78. The van der Waals surface area contributed by atoms with Crippen LogP contribution in [0.1, 0.15) is 22.5 Å². The first-order valence-electron chi connectivity index (χ1n) is 12.4. The predicted molar refractivity (Wildman–Crippen MR) is 151 cm³/mol. The molecule has 7 nitrogen and oxygen atoms in total. The van der Waals surface area contributed by atoms with Crippen LogP contribution in [0.5, 0.6) is 0 Å². The van der Waals surface area contributed by atoms with Crippen LogP contribution in [0.2, 0.25) is 0 Å². The number of nitrogens with one attached hydrogen (secondary N) is 2. The summed E-state index contributed by atoms with van der Waals surface area (Å²) in [5.41, 5.74) is 5.87. The molecular weight excluding hydrogens is 482 g/mol. The number of aliphatic hydroxyl groups is 1. The van der Waals surface area contributed by atoms with Crippen LogP contribution in [0, 0.1) is 0 Å². The Hall–Kier alpha value is -4.14. The molecule has 1 aliphatic heterocycles. The van der Waals surface area contributed by atoms with Crippen molar-refractivity contribution in [3.05, 3.63) is 95.3 Å². The van der Waals surface area contributed by atoms with Gasteiger partial charge in [-0.05, 0) is 91.0 Å². The van der Waals surface area contributed by atoms with Gasteiger partial charge < -0.3 is 20.6 Å². The van der Waals surface area contributed by atoms with E-state index in [-0.39, 0.29) is 12.0 Å². The Kier molecular flexibility index (Phi) is 6.34. The minimum atomic E-state index is -0.167. The molecule has 0 unspecified atom stereocenters. The van der Waals surface area contributed by atoms with Crippen molar-refractivity contribution in [1.29, 1.82) is 0 Å². The van der Waals surface area contributed by atoms with Gasteiger partial charge in [-0.2, -0.15) is 5.10 Å². The van der Waals surface area contributed by atoms with Gasteiger partial charge in [0, 0.05) is 41.2 Å². The van der Waals surface area contributed by atoms with Crippen molar-refractivity contribution in [2.75, 3.05) is 28.6 Å². The van der Waals surface area contributed by atoms with Crippen LogP contribution >= 0.6 is 11.3 Å². The molecular formula is C29H27N5O2S. The topological polar surface area (TPSA) is 82.4 Å². The molecule has 1 fully saturated rings. The van der Waals surface area contributed by atoms with Crippen LogP contribution in [0.25, 0.3) is 16.6 Å². The number of piperidine rings is 1. The number of fused-ring (bicyclic) bond motifs is 1. The Morgan fingerprint density at radius 2 is 1.59 bits per heavy atom. The first-order valence-corrected chi connectivity index (χ1v) is 13.2. The molecule has 0 saturated carbocycles. The molecule has 1 amide bonds. The molecule has 8 heteroatoms. The lowest BCUT2D eigenvalue weighted by Gasteiger charge is -2.31. The standard InChI is InChI=1S/C29H27N5O2S/c35-26-13-15-33(16-14-26)24-8-3-21(4-9-24)31-23-7-12-27-20(18-23)19-30-34(27)25-10-5-22(6-11-25)32-29(36)28-2-1-17-37-28/h1-12,17-19,26,31,35H,13-16H2,(H,32,36). The second-order valence-corrected chi connectivity index (χ2v) is 10.1. The number of rotatable bonds is 6. The molecule has 2 aromatic heterocycles. The third kappa shape index (κ3) is 5.07. The first kappa shape index (κ1) is 23.3. The molecule has 1 saturated heterocycles. The highest BCUT2D eigenvalue weighted by Crippen LogP contribution is 2.27. The number of aromatic nitrogens is 2. The van der Waals surface area contributed by atoms with Gasteiger partial charge in [-0.1, -0.05) is 6.07 Å². The lowest BCUT2D eigenvalue weighted by atomic mass is 10.1. The van der Waals surface area contributed by atoms with Crippen molar-refractivity contribution >= 4 is 50.9 Å². The van der Waals surface area contributed by atoms with Crippen molar-refractivity contribution in [3.8, 4) is 5.69 Å². The monoisotopic (exact) mass is 509 g/mol. The number of aliphatic hydroxyl groups excluding tert-OH is 1. The highest BCUT2D eigenvalue weighted by atomic mass is 32.1. The number of amides is 1. The summed E-state index contributed by atoms with van der Waals surface area (Å²) in [4.78, 5) is 15.3. The van der Waals surface area contributed by atoms with E-state index >= 15 is 0 Å². The van der Waals surface area contributed by atoms with E-state index in [1.807, 2.05) is 52.7 Å². The smallest absolute Gasteiger partial charge is 0.265 e. The summed E-state index contributed by atoms with van der Waals surface area (Å²) in [5, 5.41) is 23.7. The Bertz CT molecular complexity index is 1500. The number of nitrogens with zero attached hydrogens (tertiary/aromatic N) is 3. The highest BCUT2D eigenvalue weighted by molar-refractivity contribution is 7.12. The number of hydrogen-bond donors (Lipinski definition) is 3. The van der Waals surface area contributed by atoms with E-state index in [9.17, 15) is 9.90 Å². The number of thiophene rings is 1. The van der Waals surface area contributed by atoms with Gasteiger partial charge >= 0.3 is 0 Å². The molecule has 1 aliphatic rings. The van der Waals surface area contributed by atoms with Crippen LogP contribution in [-0.4, -0.2) is 40.0 Å². The van der Waals surface area contributed by atoms with Crippen molar-refractivity contribution in [1.82, 2.24) is 9.78 Å². The normalized spacial score (nSPS) is 14.1. The Labute approximate surface area is 219 Å². The summed E-state index contributed by atoms with van der Waals surface area (Å²) in [5.74, 6) is -0.103. The number of benzene rings is 3. The van der Waals surface area contributed by atoms with E-state index in [0.29, 0.717) is 4.88 Å². The molecule has 0 bridgehead atoms. The lowest BCUT2D eigenvalue weighted by Crippen LogP contribution is -2.35. The van der Waals surface area contributed by atoms with Gasteiger partial charge in [0.2, 0.25) is 0 Å². The first-order chi connectivity index (χ1) is 18.1. The fourth-order valence-corrected chi connectivity index (χ4v) is 5.27. The molecule has 3 heterocycles. The molecule has 5 aromatic rings. The molecule has 3 N–H and O–H groups in total. The third-order valence-electron chi connectivity index (χ3n) is 6.67. The zero-order valence-electron chi connectivity index (χ0n) is 20.2. The Morgan fingerprint density at radius 3 is 2.32 bits per heavy atom. The molecule has 0 radical (unpaired) electrons. The average molecular weight is 510 g/mol. The maximum Gasteiger partial charge on any atom is 0.265 e. The number of carbonyl (C=O) groups is 1. The van der Waals surface area contributed by atoms with Crippen molar-refractivity contribution < 1.29 is 9.90 Å². The van der Waals surface area contributed by atoms with E-state index in [1.54, 1.807) is 0 Å². The molecule has 186 valence electrons. The van der Waals surface area contributed by atoms with Crippen LogP contribution in [-0.2, 0) is 0 Å². The number of anilines is 4. The van der Waals surface area contributed by atoms with Gasteiger partial charge in [0.05, 0.1) is 28.4 Å². The minimum Gasteiger partial charge on any atom is -0.393 e. The molecule has 3 aromatic carbocycles. The fraction of sp³-hybridized carbons (Fsp3) is 0.172. The average Bonchev–Trinajstić information content (AvgIpc) is 3.61. The van der Waals surface area contributed by atoms with Crippen LogP contribution in [0.3, 0.4) is 0 Å². The summed E-state index contributed by atoms with van der Waals surface area (Å²) >= 11 is 1.42. The van der Waals surface area contributed by atoms with Gasteiger partial charge in [-0.25, -0.2) is 4.68 Å². The predicted octanol–water partition coefficient (Wildman–Crippen LogP) is 6.04. The summed E-state index contributed by atoms with van der Waals surface area (Å²) in [6, 6.07) is 26.0. The largest absolute Gasteiger partial charge is 0.393 e. The Morgan fingerprint density at radius 1 is 0.892 bits per heavy atom. The molecule has 0 aliphatic carbocycles. The molecule has 0 spiro atoms. The van der Waals surface area contributed by atoms with E-state index < -0.39 is 0 Å². The van der Waals surface area contributed by atoms with E-state index in [1.165, 1.54) is 17.0 Å². The maximum atomic E-state index is 12.3. The van der Waals surface area contributed by atoms with Crippen LogP contribution in [0.4, 0.5) is 22.7 Å². The maximum absolute atomic E-state index is 12.3. The quantitative estimate of drug-likeness (QED) is 0.260. The summed E-state index contributed by atoms with van der Waals surface area (Å²) in [6.07, 6.45) is 3.34. The number of hydrogen-bond acceptors (Lipinski definition) is 6. The van der Waals surface area contributed by atoms with Crippen molar-refractivity contribution in [2.24, 2.45) is 0 Å². The lowest BCUT2D eigenvalue weighted by molar-refractivity contribution is 0.103. The third-order valence-corrected chi connectivity index (χ3v) is 7.54. The van der Waals surface area contributed by atoms with E-state index in [4.69, 9.17) is 0 Å². The van der Waals surface area contributed by atoms with Gasteiger partial charge in [-0.15, -0.1) is 11.3 Å². The zero-order valence-corrected chi connectivity index (χ0v) is 21.0. The second-order valence-electron chi connectivity index (χ2n) is 9.20. The summed E-state index contributed by atoms with van der Waals surface area (Å²) < 4.78 is 1.90. The van der Waals surface area contributed by atoms with E-state index in [0.717, 1.165) is 59.6 Å². The van der Waals surface area contributed by atoms with Crippen molar-refractivity contribution in [2.45, 2.75) is 18.9 Å². The Balaban J connectivity index is 1.14. The zero-order chi connectivity index (χ0) is 25.2. The van der Waals surface area contributed by atoms with Gasteiger partial charge in [0.15, 0.2) is 0 Å². The van der Waals surface area contributed by atoms with Crippen LogP contribution < -0.4 is 15.5 Å². The van der Waals surface area contributed by atoms with Crippen molar-refractivity contribution in [3.63, 3.8) is 0 Å². The van der Waals surface area contributed by atoms with Crippen LogP contribution in [0.15, 0.2) is 90.4 Å². The second kappa shape index (κ2) is 10.1. The SMILES string of the molecule is O=C(Nc1ccc(-n2ncc3cc(Nc4ccc(N5CCC(O)CC5)cc4)ccc32)cc1)c1cccs1. The van der Waals surface area contributed by atoms with E-state index in [2.05, 4.69) is 63.1 Å². The van der Waals surface area contributed by atoms with Gasteiger partial charge in [0.1, 0.15) is 0 Å². The number of carbonyl (C=O) groups excluding carboxylic acids is 1. The minimum absolute atomic E-state index is 0.103. The fourth-order valence-electron chi connectivity index (χ4n) is 4.65. The van der Waals surface area contributed by atoms with Gasteiger partial charge in [0.25, 0.3) is 5.91 Å². The molecule has 6 rings (SSSR count). The summed E-state index contributed by atoms with van der Waals surface area (Å²) in [7, 11) is 0. The highest BCUT2D eigenvalue weighted by Gasteiger charge is 2.17. The molecule has 0 atom stereocenters. The van der Waals surface area contributed by atoms with Gasteiger partial charge in [-0.3, -0.25) is 4.79 Å². The molecule has 37 heavy (non-hydrogen) atoms.